The van der Waals surface area contributed by atoms with E-state index >= 15 is 0 Å². The first-order chi connectivity index (χ1) is 54.6. The molecule has 18 N–H and O–H groups in total. The summed E-state index contributed by atoms with van der Waals surface area (Å²) in [6.45, 7) is 33.5. The van der Waals surface area contributed by atoms with Crippen LogP contribution in [0.15, 0.2) is 87.0 Å². The van der Waals surface area contributed by atoms with Gasteiger partial charge in [-0.25, -0.2) is 19.9 Å². The van der Waals surface area contributed by atoms with Crippen LogP contribution in [0.25, 0.3) is 101 Å². The summed E-state index contributed by atoms with van der Waals surface area (Å²) in [5.74, 6) is -4.01. The third-order valence-corrected chi connectivity index (χ3v) is 21.2. The molecule has 4 amide bonds. The quantitative estimate of drug-likeness (QED) is 0.00978. The highest BCUT2D eigenvalue weighted by molar-refractivity contribution is 6.01. The molecule has 0 saturated heterocycles. The fraction of sp³-hybridized carbons (Fsp3) is 0.349. The molecule has 10 rings (SSSR count). The van der Waals surface area contributed by atoms with E-state index in [0.29, 0.717) is 46.7 Å². The molecule has 0 aliphatic carbocycles. The van der Waals surface area contributed by atoms with Crippen LogP contribution in [0.2, 0.25) is 0 Å². The Labute approximate surface area is 661 Å². The molecule has 4 aliphatic heterocycles. The lowest BCUT2D eigenvalue weighted by molar-refractivity contribution is -0.138. The van der Waals surface area contributed by atoms with Crippen LogP contribution in [-0.2, 0) is 51.1 Å². The molecule has 0 saturated carbocycles. The zero-order valence-corrected chi connectivity index (χ0v) is 66.2. The average Bonchev–Trinajstić information content (AvgIpc) is 1.62. The molecule has 0 aromatic carbocycles. The van der Waals surface area contributed by atoms with Crippen LogP contribution in [0.5, 0.6) is 0 Å². The molecule has 6 aromatic heterocycles. The molecule has 598 valence electrons. The number of aromatic nitrogens is 8. The number of H-pyrrole nitrogens is 4. The normalized spacial score (nSPS) is 13.2. The smallest absolute Gasteiger partial charge is 0.303 e. The summed E-state index contributed by atoms with van der Waals surface area (Å²) in [7, 11) is 0. The number of aromatic amines is 4. The number of nitrogens with one attached hydrogen (secondary N) is 12. The van der Waals surface area contributed by atoms with Gasteiger partial charge in [0.1, 0.15) is 12.1 Å². The number of hydrogen-bond donors (Lipinski definition) is 16. The number of rotatable bonds is 37. The van der Waals surface area contributed by atoms with E-state index in [4.69, 9.17) is 51.7 Å². The first kappa shape index (κ1) is 83.9. The van der Waals surface area contributed by atoms with Gasteiger partial charge in [0.2, 0.25) is 23.6 Å². The third kappa shape index (κ3) is 20.2. The fourth-order valence-electron chi connectivity index (χ4n) is 14.7. The highest BCUT2D eigenvalue weighted by Gasteiger charge is 2.28. The van der Waals surface area contributed by atoms with E-state index in [9.17, 15) is 39.0 Å². The van der Waals surface area contributed by atoms with E-state index in [2.05, 4.69) is 78.2 Å². The number of fused-ring (bicyclic) bond motifs is 16. The van der Waals surface area contributed by atoms with Crippen LogP contribution in [0.1, 0.15) is 182 Å². The number of guanidine groups is 2. The van der Waals surface area contributed by atoms with Gasteiger partial charge < -0.3 is 83.0 Å². The predicted molar refractivity (Wildman–Crippen MR) is 452 cm³/mol. The van der Waals surface area contributed by atoms with Crippen molar-refractivity contribution >= 4 is 148 Å². The second-order valence-corrected chi connectivity index (χ2v) is 28.7. The van der Waals surface area contributed by atoms with Crippen molar-refractivity contribution in [2.24, 2.45) is 11.5 Å². The zero-order valence-electron chi connectivity index (χ0n) is 66.2. The minimum Gasteiger partial charge on any atom is -0.481 e. The molecule has 16 bridgehead atoms. The van der Waals surface area contributed by atoms with Crippen LogP contribution < -0.4 is 43.4 Å². The summed E-state index contributed by atoms with van der Waals surface area (Å²) in [5.41, 5.74) is 36.4. The van der Waals surface area contributed by atoms with Crippen LogP contribution in [0.3, 0.4) is 0 Å². The van der Waals surface area contributed by atoms with Crippen molar-refractivity contribution in [2.45, 2.75) is 145 Å². The Morgan fingerprint density at radius 3 is 1.11 bits per heavy atom. The minimum absolute atomic E-state index is 0.0231. The molecule has 0 fully saturated rings. The highest BCUT2D eigenvalue weighted by atomic mass is 16.5. The van der Waals surface area contributed by atoms with Crippen molar-refractivity contribution in [3.63, 3.8) is 0 Å². The van der Waals surface area contributed by atoms with E-state index < -0.39 is 47.7 Å². The standard InChI is InChI=1S/C86H104N18O10/c1-13-53-45(5)63-37-65-51(11)59(23-27-81(107)108)77(99-65)43-75-57(49(9)69(101-75)41-73-55(15-3)47(7)67(97-73)39-71(53)95-63)21-25-79(105)103-61(19-17-29-93-85(87)88)83(111)91-31-33-113-35-36-114-34-32-92-84(112)62(20-18-30-94-86(89)90)104-80(106)26-22-58-50(10)70-42-74-56(16-4)48(8)68(98-74)40-72-54(14-2)46(6)64(96-72)38-66-52(12)60(24-28-82(109)110)78(100-66)44-76(58)102-70/h13-16,37-44,61-62,97-100H,1-4,17-36H2,5-12H3,(H,91,111)(H,92,112)(H,103,105)(H,104,106)(H,107,108)(H,109,110)(H4,87,88,93)(H4,89,90,94)/t61-,62-/m0/s1. The topological polar surface area (TPSA) is 448 Å². The Kier molecular flexibility index (Phi) is 28.0. The van der Waals surface area contributed by atoms with Crippen molar-refractivity contribution in [3.8, 4) is 0 Å². The Morgan fingerprint density at radius 2 is 0.754 bits per heavy atom. The predicted octanol–water partition coefficient (Wildman–Crippen LogP) is 11.6. The molecule has 2 atom stereocenters. The number of hydrogen-bond acceptors (Lipinski definition) is 14. The number of amides is 4. The number of carboxylic acids is 2. The van der Waals surface area contributed by atoms with Crippen LogP contribution >= 0.6 is 0 Å². The van der Waals surface area contributed by atoms with Crippen molar-refractivity contribution in [3.05, 3.63) is 177 Å². The second-order valence-electron chi connectivity index (χ2n) is 28.7. The van der Waals surface area contributed by atoms with Crippen LogP contribution in [0, 0.1) is 38.5 Å². The van der Waals surface area contributed by atoms with Crippen molar-refractivity contribution < 1.29 is 48.5 Å². The highest BCUT2D eigenvalue weighted by Crippen LogP contribution is 2.40. The minimum atomic E-state index is -0.961. The van der Waals surface area contributed by atoms with Gasteiger partial charge >= 0.3 is 11.9 Å². The number of nitrogens with zero attached hydrogens (tertiary/aromatic N) is 4. The summed E-state index contributed by atoms with van der Waals surface area (Å²) in [6, 6.07) is 13.7. The van der Waals surface area contributed by atoms with Gasteiger partial charge in [0, 0.05) is 118 Å². The van der Waals surface area contributed by atoms with Gasteiger partial charge in [-0.2, -0.15) is 0 Å². The zero-order chi connectivity index (χ0) is 82.2. The maximum Gasteiger partial charge on any atom is 0.303 e. The molecule has 10 heterocycles. The number of allylic oxidation sites excluding steroid dienone is 10. The average molecular weight is 1550 g/mol. The fourth-order valence-corrected chi connectivity index (χ4v) is 14.7. The molecule has 0 unspecified atom stereocenters. The monoisotopic (exact) mass is 1550 g/mol. The Hall–Kier alpha value is -12.6. The third-order valence-electron chi connectivity index (χ3n) is 21.2. The molecular weight excluding hydrogens is 1450 g/mol. The van der Waals surface area contributed by atoms with Gasteiger partial charge in [0.15, 0.2) is 11.9 Å². The first-order valence-electron chi connectivity index (χ1n) is 38.3. The van der Waals surface area contributed by atoms with Crippen molar-refractivity contribution in [2.75, 3.05) is 52.6 Å². The lowest BCUT2D eigenvalue weighted by Crippen LogP contribution is -2.48. The Morgan fingerprint density at radius 1 is 0.421 bits per heavy atom. The molecule has 28 heteroatoms. The summed E-state index contributed by atoms with van der Waals surface area (Å²) < 4.78 is 11.6. The van der Waals surface area contributed by atoms with Gasteiger partial charge in [-0.15, -0.1) is 0 Å². The van der Waals surface area contributed by atoms with Crippen molar-refractivity contribution in [1.29, 1.82) is 10.8 Å². The number of ether oxygens (including phenoxy) is 2. The van der Waals surface area contributed by atoms with Gasteiger partial charge in [-0.05, 0) is 222 Å². The summed E-state index contributed by atoms with van der Waals surface area (Å²) >= 11 is 0. The number of carboxylic acid groups (broad SMARTS) is 2. The van der Waals surface area contributed by atoms with E-state index in [-0.39, 0.29) is 129 Å². The summed E-state index contributed by atoms with van der Waals surface area (Å²) in [6.07, 6.45) is 9.06. The van der Waals surface area contributed by atoms with Crippen LogP contribution in [0.4, 0.5) is 0 Å². The number of aryl methyl sites for hydroxylation is 6. The second kappa shape index (κ2) is 38.1. The summed E-state index contributed by atoms with van der Waals surface area (Å²) in [4.78, 5) is 115. The number of nitrogens with two attached hydrogens (primary N) is 2. The van der Waals surface area contributed by atoms with Gasteiger partial charge in [-0.3, -0.25) is 39.6 Å². The molecular formula is C86H104N18O10. The maximum absolute atomic E-state index is 14.1. The van der Waals surface area contributed by atoms with E-state index in [1.54, 1.807) is 24.3 Å². The Bertz CT molecular complexity index is 5060. The number of aliphatic carboxylic acids is 2. The summed E-state index contributed by atoms with van der Waals surface area (Å²) in [5, 5.41) is 52.1. The lowest BCUT2D eigenvalue weighted by Gasteiger charge is -2.19. The van der Waals surface area contributed by atoms with Gasteiger partial charge in [-0.1, -0.05) is 50.6 Å². The van der Waals surface area contributed by atoms with Gasteiger partial charge in [0.05, 0.1) is 72.0 Å². The van der Waals surface area contributed by atoms with E-state index in [1.165, 1.54) is 0 Å². The number of carbonyl (C=O) groups excluding carboxylic acids is 4. The Balaban J connectivity index is 0.755. The van der Waals surface area contributed by atoms with Gasteiger partial charge in [0.25, 0.3) is 0 Å². The first-order valence-corrected chi connectivity index (χ1v) is 38.3. The van der Waals surface area contributed by atoms with E-state index in [0.717, 1.165) is 145 Å². The molecule has 28 nitrogen and oxygen atoms in total. The molecule has 114 heavy (non-hydrogen) atoms. The lowest BCUT2D eigenvalue weighted by atomic mass is 9.99. The molecule has 0 spiro atoms. The molecule has 6 aromatic rings. The van der Waals surface area contributed by atoms with E-state index in [1.807, 2.05) is 104 Å². The molecule has 4 aliphatic rings. The maximum atomic E-state index is 14.1. The molecule has 0 radical (unpaired) electrons. The van der Waals surface area contributed by atoms with Crippen molar-refractivity contribution in [1.82, 2.24) is 71.8 Å². The van der Waals surface area contributed by atoms with Crippen LogP contribution in [-0.4, -0.2) is 162 Å². The number of carbonyl (C=O) groups is 6. The SMILES string of the molecule is C=CC1=C(C)c2cc3[nH]c(cc4nc(cc5[nH]c(cc1n2)c(C)c5C=C)C(C)=C4CCC(=O)N[C@@H](CCCNC(=N)N)C(=O)NCCOCCOCCNC(=O)[C@H](CCCNC(=N)N)NC(=O)CCC1=C(C)c2cc4[nH]c(cc5nc(cc6[nH]c(cc1n2)c(CCC(=O)O)c6C)C(C)=C5C=C)c(C)c4C=C)c(CCC(=O)O)c3C. The largest absolute Gasteiger partial charge is 0.481 e.